The molecule has 0 fully saturated rings. The number of nitrogens with one attached hydrogen (secondary N) is 2. The van der Waals surface area contributed by atoms with Crippen molar-refractivity contribution in [3.8, 4) is 0 Å². The van der Waals surface area contributed by atoms with E-state index in [1.807, 2.05) is 42.5 Å². The third-order valence-electron chi connectivity index (χ3n) is 2.53. The summed E-state index contributed by atoms with van der Waals surface area (Å²) in [7, 11) is 0. The second kappa shape index (κ2) is 5.31. The van der Waals surface area contributed by atoms with E-state index in [1.54, 1.807) is 0 Å². The quantitative estimate of drug-likeness (QED) is 0.863. The van der Waals surface area contributed by atoms with Gasteiger partial charge in [-0.05, 0) is 22.9 Å². The Morgan fingerprint density at radius 2 is 1.78 bits per heavy atom. The number of anilines is 1. The zero-order chi connectivity index (χ0) is 13.0. The van der Waals surface area contributed by atoms with Crippen molar-refractivity contribution >= 4 is 28.3 Å². The molecule has 0 bridgehead atoms. The van der Waals surface area contributed by atoms with Crippen LogP contribution in [0.5, 0.6) is 0 Å². The fraction of sp³-hybridized carbons (Fsp3) is 0.143. The minimum absolute atomic E-state index is 0.0117. The Bertz CT molecular complexity index is 593. The van der Waals surface area contributed by atoms with Crippen LogP contribution in [0.2, 0.25) is 0 Å². The molecule has 0 heterocycles. The molecule has 0 aromatic heterocycles. The molecule has 2 aromatic carbocycles. The van der Waals surface area contributed by atoms with Crippen LogP contribution in [0.4, 0.5) is 5.69 Å². The number of fused-ring (bicyclic) bond motifs is 1. The fourth-order valence-electron chi connectivity index (χ4n) is 1.68. The Morgan fingerprint density at radius 1 is 1.06 bits per heavy atom. The van der Waals surface area contributed by atoms with Crippen LogP contribution in [0.15, 0.2) is 42.5 Å². The number of carbonyl (C=O) groups excluding carboxylic acids is 2. The number of carbonyl (C=O) groups is 2. The second-order valence-electron chi connectivity index (χ2n) is 4.02. The summed E-state index contributed by atoms with van der Waals surface area (Å²) in [5, 5.41) is 7.37. The fourth-order valence-corrected chi connectivity index (χ4v) is 1.68. The van der Waals surface area contributed by atoms with Gasteiger partial charge in [0.2, 0.25) is 11.8 Å². The molecule has 92 valence electrons. The van der Waals surface area contributed by atoms with Crippen LogP contribution in [-0.4, -0.2) is 18.4 Å². The second-order valence-corrected chi connectivity index (χ2v) is 4.02. The van der Waals surface area contributed by atoms with Crippen molar-refractivity contribution in [2.45, 2.75) is 6.92 Å². The Labute approximate surface area is 105 Å². The topological polar surface area (TPSA) is 58.2 Å². The van der Waals surface area contributed by atoms with Crippen LogP contribution >= 0.6 is 0 Å². The summed E-state index contributed by atoms with van der Waals surface area (Å²) in [5.74, 6) is -0.454. The first kappa shape index (κ1) is 12.1. The van der Waals surface area contributed by atoms with Gasteiger partial charge >= 0.3 is 0 Å². The lowest BCUT2D eigenvalue weighted by Gasteiger charge is -2.06. The lowest BCUT2D eigenvalue weighted by Crippen LogP contribution is -2.31. The summed E-state index contributed by atoms with van der Waals surface area (Å²) in [6.45, 7) is 1.37. The van der Waals surface area contributed by atoms with Crippen molar-refractivity contribution in [2.24, 2.45) is 0 Å². The van der Waals surface area contributed by atoms with E-state index in [1.165, 1.54) is 6.92 Å². The molecule has 0 radical (unpaired) electrons. The molecule has 0 saturated heterocycles. The number of rotatable bonds is 3. The first-order valence-corrected chi connectivity index (χ1v) is 5.68. The van der Waals surface area contributed by atoms with E-state index in [-0.39, 0.29) is 18.4 Å². The minimum Gasteiger partial charge on any atom is -0.347 e. The molecule has 2 aromatic rings. The zero-order valence-electron chi connectivity index (χ0n) is 10.1. The summed E-state index contributed by atoms with van der Waals surface area (Å²) in [6, 6.07) is 13.6. The van der Waals surface area contributed by atoms with Gasteiger partial charge in [0.25, 0.3) is 0 Å². The number of hydrogen-bond donors (Lipinski definition) is 2. The van der Waals surface area contributed by atoms with E-state index < -0.39 is 0 Å². The van der Waals surface area contributed by atoms with Gasteiger partial charge < -0.3 is 10.6 Å². The maximum atomic E-state index is 11.5. The largest absolute Gasteiger partial charge is 0.347 e. The predicted octanol–water partition coefficient (Wildman–Crippen LogP) is 1.91. The number of benzene rings is 2. The molecule has 2 N–H and O–H groups in total. The normalized spacial score (nSPS) is 10.1. The summed E-state index contributed by atoms with van der Waals surface area (Å²) in [6.07, 6.45) is 0. The smallest absolute Gasteiger partial charge is 0.243 e. The van der Waals surface area contributed by atoms with Gasteiger partial charge in [-0.2, -0.15) is 0 Å². The van der Waals surface area contributed by atoms with Crippen molar-refractivity contribution in [1.29, 1.82) is 0 Å². The highest BCUT2D eigenvalue weighted by Gasteiger charge is 2.03. The molecular weight excluding hydrogens is 228 g/mol. The van der Waals surface area contributed by atoms with Crippen molar-refractivity contribution in [1.82, 2.24) is 5.32 Å². The Kier molecular flexibility index (Phi) is 3.57. The highest BCUT2D eigenvalue weighted by Crippen LogP contribution is 2.18. The molecule has 4 nitrogen and oxygen atoms in total. The molecule has 0 atom stereocenters. The molecule has 18 heavy (non-hydrogen) atoms. The third-order valence-corrected chi connectivity index (χ3v) is 2.53. The maximum absolute atomic E-state index is 11.5. The molecule has 2 rings (SSSR count). The van der Waals surface area contributed by atoms with Crippen molar-refractivity contribution < 1.29 is 9.59 Å². The lowest BCUT2D eigenvalue weighted by atomic mass is 10.1. The summed E-state index contributed by atoms with van der Waals surface area (Å²) >= 11 is 0. The van der Waals surface area contributed by atoms with Crippen LogP contribution in [0, 0.1) is 0 Å². The molecule has 0 aliphatic rings. The lowest BCUT2D eigenvalue weighted by molar-refractivity contribution is -0.122. The molecule has 0 aliphatic carbocycles. The van der Waals surface area contributed by atoms with E-state index in [0.29, 0.717) is 0 Å². The van der Waals surface area contributed by atoms with Gasteiger partial charge in [-0.3, -0.25) is 9.59 Å². The van der Waals surface area contributed by atoms with Gasteiger partial charge in [-0.15, -0.1) is 0 Å². The maximum Gasteiger partial charge on any atom is 0.243 e. The van der Waals surface area contributed by atoms with Crippen molar-refractivity contribution in [3.05, 3.63) is 42.5 Å². The standard InChI is InChI=1S/C14H14N2O2/c1-10(17)15-9-14(18)16-13-7-6-11-4-2-3-5-12(11)8-13/h2-8H,9H2,1H3,(H,15,17)(H,16,18). The predicted molar refractivity (Wildman–Crippen MR) is 71.3 cm³/mol. The Hall–Kier alpha value is -2.36. The van der Waals surface area contributed by atoms with Gasteiger partial charge in [-0.25, -0.2) is 0 Å². The first-order chi connectivity index (χ1) is 8.65. The van der Waals surface area contributed by atoms with E-state index in [4.69, 9.17) is 0 Å². The molecule has 4 heteroatoms. The van der Waals surface area contributed by atoms with Gasteiger partial charge in [-0.1, -0.05) is 30.3 Å². The highest BCUT2D eigenvalue weighted by atomic mass is 16.2. The van der Waals surface area contributed by atoms with Crippen molar-refractivity contribution in [2.75, 3.05) is 11.9 Å². The van der Waals surface area contributed by atoms with E-state index in [0.717, 1.165) is 16.5 Å². The first-order valence-electron chi connectivity index (χ1n) is 5.68. The molecule has 0 unspecified atom stereocenters. The zero-order valence-corrected chi connectivity index (χ0v) is 10.1. The highest BCUT2D eigenvalue weighted by molar-refractivity contribution is 5.96. The summed E-state index contributed by atoms with van der Waals surface area (Å²) < 4.78 is 0. The van der Waals surface area contributed by atoms with E-state index >= 15 is 0 Å². The van der Waals surface area contributed by atoms with Gasteiger partial charge in [0.05, 0.1) is 6.54 Å². The molecule has 0 saturated carbocycles. The summed E-state index contributed by atoms with van der Waals surface area (Å²) in [4.78, 5) is 22.2. The van der Waals surface area contributed by atoms with E-state index in [2.05, 4.69) is 10.6 Å². The average molecular weight is 242 g/mol. The minimum atomic E-state index is -0.236. The molecule has 2 amide bonds. The third kappa shape index (κ3) is 3.07. The van der Waals surface area contributed by atoms with Gasteiger partial charge in [0.1, 0.15) is 0 Å². The van der Waals surface area contributed by atoms with Gasteiger partial charge in [0, 0.05) is 12.6 Å². The van der Waals surface area contributed by atoms with Gasteiger partial charge in [0.15, 0.2) is 0 Å². The van der Waals surface area contributed by atoms with Crippen LogP contribution in [-0.2, 0) is 9.59 Å². The SMILES string of the molecule is CC(=O)NCC(=O)Nc1ccc2ccccc2c1. The van der Waals surface area contributed by atoms with Crippen LogP contribution in [0.25, 0.3) is 10.8 Å². The average Bonchev–Trinajstić information content (AvgIpc) is 2.36. The molecular formula is C14H14N2O2. The molecule has 0 spiro atoms. The van der Waals surface area contributed by atoms with Crippen molar-refractivity contribution in [3.63, 3.8) is 0 Å². The monoisotopic (exact) mass is 242 g/mol. The molecule has 0 aliphatic heterocycles. The van der Waals surface area contributed by atoms with Crippen LogP contribution < -0.4 is 10.6 Å². The number of amides is 2. The Balaban J connectivity index is 2.07. The summed E-state index contributed by atoms with van der Waals surface area (Å²) in [5.41, 5.74) is 0.726. The van der Waals surface area contributed by atoms with Crippen LogP contribution in [0.1, 0.15) is 6.92 Å². The van der Waals surface area contributed by atoms with Crippen LogP contribution in [0.3, 0.4) is 0 Å². The van der Waals surface area contributed by atoms with E-state index in [9.17, 15) is 9.59 Å². The number of hydrogen-bond acceptors (Lipinski definition) is 2. The Morgan fingerprint density at radius 3 is 2.50 bits per heavy atom.